The Balaban J connectivity index is 0.000000201. The molecule has 2 nitrogen and oxygen atoms in total. The quantitative estimate of drug-likeness (QED) is 0.198. The van der Waals surface area contributed by atoms with Crippen molar-refractivity contribution in [2.24, 2.45) is 9.98 Å². The normalized spacial score (nSPS) is 11.1. The number of nitrogens with zero attached hydrogens (tertiary/aromatic N) is 2. The number of hydrogen-bond acceptors (Lipinski definition) is 2. The molecule has 0 radical (unpaired) electrons. The predicted octanol–water partition coefficient (Wildman–Crippen LogP) is 7.99. The molecule has 0 bridgehead atoms. The fraction of sp³-hybridized carbons (Fsp3) is 0. The van der Waals surface area contributed by atoms with Gasteiger partial charge in [0.05, 0.1) is 11.1 Å². The fourth-order valence-corrected chi connectivity index (χ4v) is 2.71. The van der Waals surface area contributed by atoms with Gasteiger partial charge in [0, 0.05) is 24.6 Å². The van der Waals surface area contributed by atoms with Crippen molar-refractivity contribution < 1.29 is 35.1 Å². The molecular formula is C26H14F8N2. The first-order valence-corrected chi connectivity index (χ1v) is 10.0. The predicted molar refractivity (Wildman–Crippen MR) is 120 cm³/mol. The van der Waals surface area contributed by atoms with Crippen LogP contribution in [0, 0.1) is 46.5 Å². The molecule has 0 amide bonds. The Labute approximate surface area is 199 Å². The highest BCUT2D eigenvalue weighted by Crippen LogP contribution is 2.21. The Morgan fingerprint density at radius 3 is 1.08 bits per heavy atom. The Kier molecular flexibility index (Phi) is 8.66. The van der Waals surface area contributed by atoms with E-state index in [1.807, 2.05) is 0 Å². The van der Waals surface area contributed by atoms with Gasteiger partial charge in [-0.05, 0) is 48.5 Å². The zero-order valence-corrected chi connectivity index (χ0v) is 18.0. The molecule has 4 aromatic carbocycles. The van der Waals surface area contributed by atoms with Crippen molar-refractivity contribution in [2.45, 2.75) is 0 Å². The van der Waals surface area contributed by atoms with E-state index in [0.29, 0.717) is 0 Å². The van der Waals surface area contributed by atoms with Crippen molar-refractivity contribution in [3.8, 4) is 0 Å². The minimum atomic E-state index is -0.824. The summed E-state index contributed by atoms with van der Waals surface area (Å²) in [7, 11) is 0. The van der Waals surface area contributed by atoms with E-state index in [0.717, 1.165) is 73.1 Å². The van der Waals surface area contributed by atoms with Crippen molar-refractivity contribution in [3.05, 3.63) is 130 Å². The average molecular weight is 506 g/mol. The van der Waals surface area contributed by atoms with E-state index < -0.39 is 57.7 Å². The lowest BCUT2D eigenvalue weighted by atomic mass is 10.2. The van der Waals surface area contributed by atoms with Gasteiger partial charge in [0.25, 0.3) is 0 Å². The van der Waals surface area contributed by atoms with Crippen LogP contribution in [0.15, 0.2) is 82.8 Å². The van der Waals surface area contributed by atoms with E-state index in [2.05, 4.69) is 9.98 Å². The maximum Gasteiger partial charge on any atom is 0.149 e. The van der Waals surface area contributed by atoms with Crippen LogP contribution in [0.3, 0.4) is 0 Å². The minimum Gasteiger partial charge on any atom is -0.253 e. The highest BCUT2D eigenvalue weighted by molar-refractivity contribution is 5.83. The minimum absolute atomic E-state index is 0.322. The van der Waals surface area contributed by atoms with Crippen LogP contribution in [-0.2, 0) is 0 Å². The first kappa shape index (κ1) is 26.3. The molecular weight excluding hydrogens is 492 g/mol. The molecule has 0 unspecified atom stereocenters. The van der Waals surface area contributed by atoms with Crippen LogP contribution in [0.2, 0.25) is 0 Å². The summed E-state index contributed by atoms with van der Waals surface area (Å²) in [5.74, 6) is -6.21. The first-order valence-electron chi connectivity index (χ1n) is 10.0. The number of hydrogen-bond donors (Lipinski definition) is 0. The SMILES string of the molecule is Fc1ccc(F)c(N=Cc2c(F)cccc2F)c1.Fc1ccc(F)c(N=Cc2c(F)cccc2F)c1. The standard InChI is InChI=1S/2C13H7F4N/c2*14-8-4-5-12(17)13(6-8)18-7-9-10(15)2-1-3-11(9)16/h2*1-7H. The molecule has 0 aliphatic rings. The second-order valence-corrected chi connectivity index (χ2v) is 6.98. The fourth-order valence-electron chi connectivity index (χ4n) is 2.71. The second kappa shape index (κ2) is 11.9. The number of halogens is 8. The molecule has 10 heteroatoms. The molecule has 4 aromatic rings. The molecule has 0 spiro atoms. The molecule has 0 saturated heterocycles. The van der Waals surface area contributed by atoms with Crippen LogP contribution in [0.25, 0.3) is 0 Å². The molecule has 0 aliphatic carbocycles. The molecule has 36 heavy (non-hydrogen) atoms. The molecule has 0 heterocycles. The van der Waals surface area contributed by atoms with Crippen LogP contribution in [-0.4, -0.2) is 12.4 Å². The third-order valence-electron chi connectivity index (χ3n) is 4.48. The smallest absolute Gasteiger partial charge is 0.149 e. The Morgan fingerprint density at radius 2 is 0.750 bits per heavy atom. The topological polar surface area (TPSA) is 24.7 Å². The van der Waals surface area contributed by atoms with E-state index in [1.165, 1.54) is 12.1 Å². The lowest BCUT2D eigenvalue weighted by Gasteiger charge is -1.99. The molecule has 0 N–H and O–H groups in total. The maximum atomic E-state index is 13.2. The number of rotatable bonds is 4. The Morgan fingerprint density at radius 1 is 0.417 bits per heavy atom. The van der Waals surface area contributed by atoms with Gasteiger partial charge in [-0.2, -0.15) is 0 Å². The maximum absolute atomic E-state index is 13.2. The highest BCUT2D eigenvalue weighted by Gasteiger charge is 2.08. The van der Waals surface area contributed by atoms with Crippen LogP contribution in [0.5, 0.6) is 0 Å². The van der Waals surface area contributed by atoms with Gasteiger partial charge in [-0.25, -0.2) is 35.1 Å². The Hall–Kier alpha value is -4.34. The van der Waals surface area contributed by atoms with E-state index in [4.69, 9.17) is 0 Å². The third-order valence-corrected chi connectivity index (χ3v) is 4.48. The van der Waals surface area contributed by atoms with Gasteiger partial charge >= 0.3 is 0 Å². The molecule has 0 aromatic heterocycles. The summed E-state index contributed by atoms with van der Waals surface area (Å²) >= 11 is 0. The summed E-state index contributed by atoms with van der Waals surface area (Å²) in [6, 6.07) is 11.9. The van der Waals surface area contributed by atoms with Crippen molar-refractivity contribution >= 4 is 23.8 Å². The number of benzene rings is 4. The van der Waals surface area contributed by atoms with E-state index in [9.17, 15) is 35.1 Å². The van der Waals surface area contributed by atoms with E-state index in [-0.39, 0.29) is 11.4 Å². The summed E-state index contributed by atoms with van der Waals surface area (Å²) in [5.41, 5.74) is -1.45. The summed E-state index contributed by atoms with van der Waals surface area (Å²) in [6.45, 7) is 0. The van der Waals surface area contributed by atoms with Gasteiger partial charge in [0.1, 0.15) is 57.9 Å². The summed E-state index contributed by atoms with van der Waals surface area (Å²) in [5, 5.41) is 0. The monoisotopic (exact) mass is 506 g/mol. The number of aliphatic imine (C=N–C) groups is 2. The zero-order valence-electron chi connectivity index (χ0n) is 18.0. The molecule has 0 atom stereocenters. The van der Waals surface area contributed by atoms with Crippen LogP contribution >= 0.6 is 0 Å². The summed E-state index contributed by atoms with van der Waals surface area (Å²) in [4.78, 5) is 7.08. The van der Waals surface area contributed by atoms with E-state index >= 15 is 0 Å². The van der Waals surface area contributed by atoms with Gasteiger partial charge in [-0.3, -0.25) is 9.98 Å². The molecule has 0 fully saturated rings. The first-order chi connectivity index (χ1) is 17.2. The van der Waals surface area contributed by atoms with Crippen LogP contribution in [0.1, 0.15) is 11.1 Å². The molecule has 0 saturated carbocycles. The van der Waals surface area contributed by atoms with Crippen LogP contribution in [0.4, 0.5) is 46.5 Å². The van der Waals surface area contributed by atoms with Crippen molar-refractivity contribution in [2.75, 3.05) is 0 Å². The van der Waals surface area contributed by atoms with Gasteiger partial charge in [-0.15, -0.1) is 0 Å². The highest BCUT2D eigenvalue weighted by atomic mass is 19.2. The average Bonchev–Trinajstić information content (AvgIpc) is 2.83. The summed E-state index contributed by atoms with van der Waals surface area (Å²) < 4.78 is 105. The van der Waals surface area contributed by atoms with E-state index in [1.54, 1.807) is 0 Å². The van der Waals surface area contributed by atoms with Gasteiger partial charge in [0.15, 0.2) is 0 Å². The Bertz CT molecular complexity index is 1280. The third kappa shape index (κ3) is 6.84. The van der Waals surface area contributed by atoms with Crippen molar-refractivity contribution in [1.82, 2.24) is 0 Å². The molecule has 0 aliphatic heterocycles. The summed E-state index contributed by atoms with van der Waals surface area (Å²) in [6.07, 6.45) is 1.64. The second-order valence-electron chi connectivity index (χ2n) is 6.98. The lowest BCUT2D eigenvalue weighted by Crippen LogP contribution is -1.93. The molecule has 184 valence electrons. The van der Waals surface area contributed by atoms with Gasteiger partial charge in [0.2, 0.25) is 0 Å². The van der Waals surface area contributed by atoms with Crippen molar-refractivity contribution in [3.63, 3.8) is 0 Å². The van der Waals surface area contributed by atoms with Gasteiger partial charge in [-0.1, -0.05) is 12.1 Å². The van der Waals surface area contributed by atoms with Gasteiger partial charge < -0.3 is 0 Å². The lowest BCUT2D eigenvalue weighted by molar-refractivity contribution is 0.579. The molecule has 4 rings (SSSR count). The zero-order chi connectivity index (χ0) is 26.2. The van der Waals surface area contributed by atoms with Crippen LogP contribution < -0.4 is 0 Å². The van der Waals surface area contributed by atoms with Crippen molar-refractivity contribution in [1.29, 1.82) is 0 Å². The largest absolute Gasteiger partial charge is 0.253 e.